The van der Waals surface area contributed by atoms with Gasteiger partial charge in [0.25, 0.3) is 5.91 Å². The van der Waals surface area contributed by atoms with Crippen LogP contribution in [0.4, 0.5) is 5.69 Å². The van der Waals surface area contributed by atoms with Gasteiger partial charge in [-0.05, 0) is 30.3 Å². The summed E-state index contributed by atoms with van der Waals surface area (Å²) in [5.74, 6) is -0.582. The van der Waals surface area contributed by atoms with Crippen LogP contribution in [0, 0.1) is 0 Å². The summed E-state index contributed by atoms with van der Waals surface area (Å²) < 4.78 is 9.75. The highest BCUT2D eigenvalue weighted by atomic mass is 16.5. The topological polar surface area (TPSA) is 93.7 Å². The summed E-state index contributed by atoms with van der Waals surface area (Å²) in [5.41, 5.74) is 1.08. The molecule has 0 atom stereocenters. The molecule has 2 aromatic rings. The smallest absolute Gasteiger partial charge is 0.339 e. The average Bonchev–Trinajstić information content (AvgIpc) is 2.67. The fraction of sp³-hybridized carbons (Fsp3) is 0.211. The van der Waals surface area contributed by atoms with Gasteiger partial charge in [0, 0.05) is 18.5 Å². The van der Waals surface area contributed by atoms with Gasteiger partial charge in [0.15, 0.2) is 0 Å². The van der Waals surface area contributed by atoms with Crippen molar-refractivity contribution in [3.63, 3.8) is 0 Å². The third-order valence-electron chi connectivity index (χ3n) is 3.58. The largest absolute Gasteiger partial charge is 0.497 e. The van der Waals surface area contributed by atoms with Crippen LogP contribution in [0.5, 0.6) is 5.75 Å². The summed E-state index contributed by atoms with van der Waals surface area (Å²) in [6.45, 7) is 0.155. The van der Waals surface area contributed by atoms with Crippen molar-refractivity contribution in [2.75, 3.05) is 26.1 Å². The number of rotatable bonds is 7. The Bertz CT molecular complexity index is 804. The Morgan fingerprint density at radius 2 is 1.77 bits per heavy atom. The van der Waals surface area contributed by atoms with Crippen LogP contribution in [0.3, 0.4) is 0 Å². The van der Waals surface area contributed by atoms with Crippen molar-refractivity contribution in [1.82, 2.24) is 5.32 Å². The van der Waals surface area contributed by atoms with E-state index in [1.54, 1.807) is 48.5 Å². The average molecular weight is 356 g/mol. The predicted octanol–water partition coefficient (Wildman–Crippen LogP) is 2.24. The molecule has 2 rings (SSSR count). The van der Waals surface area contributed by atoms with Gasteiger partial charge in [0.2, 0.25) is 5.91 Å². The second-order valence-electron chi connectivity index (χ2n) is 5.32. The minimum atomic E-state index is -0.535. The van der Waals surface area contributed by atoms with Crippen LogP contribution in [-0.2, 0) is 9.53 Å². The Balaban J connectivity index is 1.88. The molecule has 0 unspecified atom stereocenters. The Hall–Kier alpha value is -3.35. The standard InChI is InChI=1S/C19H20N2O5/c1-25-14-7-5-6-13(12-14)18(23)20-11-10-17(22)21-16-9-4-3-8-15(16)19(24)26-2/h3-9,12H,10-11H2,1-2H3,(H,20,23)(H,21,22). The number of methoxy groups -OCH3 is 2. The number of esters is 1. The van der Waals surface area contributed by atoms with Crippen LogP contribution in [0.15, 0.2) is 48.5 Å². The van der Waals surface area contributed by atoms with Crippen LogP contribution < -0.4 is 15.4 Å². The number of anilines is 1. The lowest BCUT2D eigenvalue weighted by molar-refractivity contribution is -0.116. The molecule has 0 aliphatic heterocycles. The summed E-state index contributed by atoms with van der Waals surface area (Å²) in [5, 5.41) is 5.31. The maximum absolute atomic E-state index is 12.1. The van der Waals surface area contributed by atoms with Crippen molar-refractivity contribution in [2.45, 2.75) is 6.42 Å². The molecular formula is C19H20N2O5. The minimum Gasteiger partial charge on any atom is -0.497 e. The van der Waals surface area contributed by atoms with Crippen LogP contribution in [-0.4, -0.2) is 38.5 Å². The Morgan fingerprint density at radius 1 is 1.00 bits per heavy atom. The van der Waals surface area contributed by atoms with E-state index in [1.165, 1.54) is 14.2 Å². The number of carbonyl (C=O) groups is 3. The number of amides is 2. The molecule has 0 fully saturated rings. The molecule has 0 radical (unpaired) electrons. The van der Waals surface area contributed by atoms with Gasteiger partial charge in [-0.25, -0.2) is 4.79 Å². The Morgan fingerprint density at radius 3 is 2.50 bits per heavy atom. The van der Waals surface area contributed by atoms with Crippen LogP contribution in [0.1, 0.15) is 27.1 Å². The van der Waals surface area contributed by atoms with Gasteiger partial charge in [0.1, 0.15) is 5.75 Å². The molecule has 0 aromatic heterocycles. The number of hydrogen-bond donors (Lipinski definition) is 2. The highest BCUT2D eigenvalue weighted by Gasteiger charge is 2.13. The fourth-order valence-corrected chi connectivity index (χ4v) is 2.25. The molecule has 136 valence electrons. The molecule has 2 amide bonds. The first-order chi connectivity index (χ1) is 12.5. The molecule has 0 saturated heterocycles. The van der Waals surface area contributed by atoms with Crippen molar-refractivity contribution < 1.29 is 23.9 Å². The van der Waals surface area contributed by atoms with Gasteiger partial charge in [-0.1, -0.05) is 18.2 Å². The van der Waals surface area contributed by atoms with Gasteiger partial charge >= 0.3 is 5.97 Å². The second kappa shape index (κ2) is 9.22. The normalized spacial score (nSPS) is 9.92. The zero-order chi connectivity index (χ0) is 18.9. The summed E-state index contributed by atoms with van der Waals surface area (Å²) in [6, 6.07) is 13.3. The van der Waals surface area contributed by atoms with Gasteiger partial charge in [-0.15, -0.1) is 0 Å². The van der Waals surface area contributed by atoms with E-state index in [2.05, 4.69) is 15.4 Å². The molecule has 7 heteroatoms. The van der Waals surface area contributed by atoms with Crippen LogP contribution >= 0.6 is 0 Å². The maximum atomic E-state index is 12.1. The Kier molecular flexibility index (Phi) is 6.73. The van der Waals surface area contributed by atoms with E-state index in [0.29, 0.717) is 17.0 Å². The lowest BCUT2D eigenvalue weighted by atomic mass is 10.1. The van der Waals surface area contributed by atoms with E-state index in [4.69, 9.17) is 4.74 Å². The van der Waals surface area contributed by atoms with E-state index in [0.717, 1.165) is 0 Å². The first-order valence-electron chi connectivity index (χ1n) is 7.94. The van der Waals surface area contributed by atoms with E-state index < -0.39 is 5.97 Å². The van der Waals surface area contributed by atoms with Gasteiger partial charge in [-0.3, -0.25) is 9.59 Å². The molecule has 7 nitrogen and oxygen atoms in total. The zero-order valence-electron chi connectivity index (χ0n) is 14.6. The third kappa shape index (κ3) is 5.07. The second-order valence-corrected chi connectivity index (χ2v) is 5.32. The number of nitrogens with one attached hydrogen (secondary N) is 2. The summed E-state index contributed by atoms with van der Waals surface area (Å²) in [7, 11) is 2.79. The number of carbonyl (C=O) groups excluding carboxylic acids is 3. The van der Waals surface area contributed by atoms with Gasteiger partial charge in [-0.2, -0.15) is 0 Å². The lowest BCUT2D eigenvalue weighted by Gasteiger charge is -2.10. The molecule has 0 aliphatic carbocycles. The van der Waals surface area contributed by atoms with Crippen LogP contribution in [0.2, 0.25) is 0 Å². The molecule has 2 aromatic carbocycles. The van der Waals surface area contributed by atoms with Crippen molar-refractivity contribution in [1.29, 1.82) is 0 Å². The lowest BCUT2D eigenvalue weighted by Crippen LogP contribution is -2.27. The fourth-order valence-electron chi connectivity index (χ4n) is 2.25. The molecule has 0 aliphatic rings. The Labute approximate surface area is 151 Å². The number of para-hydroxylation sites is 1. The molecule has 0 saturated carbocycles. The molecular weight excluding hydrogens is 336 g/mol. The third-order valence-corrected chi connectivity index (χ3v) is 3.58. The van der Waals surface area contributed by atoms with Crippen molar-refractivity contribution in [2.24, 2.45) is 0 Å². The molecule has 2 N–H and O–H groups in total. The first kappa shape index (κ1) is 19.0. The molecule has 0 heterocycles. The van der Waals surface area contributed by atoms with Gasteiger partial charge < -0.3 is 20.1 Å². The molecule has 26 heavy (non-hydrogen) atoms. The summed E-state index contributed by atoms with van der Waals surface area (Å²) in [6.07, 6.45) is 0.0607. The number of ether oxygens (including phenoxy) is 2. The molecule has 0 spiro atoms. The quantitative estimate of drug-likeness (QED) is 0.742. The predicted molar refractivity (Wildman–Crippen MR) is 96.4 cm³/mol. The number of hydrogen-bond acceptors (Lipinski definition) is 5. The van der Waals surface area contributed by atoms with E-state index in [-0.39, 0.29) is 30.3 Å². The SMILES string of the molecule is COC(=O)c1ccccc1NC(=O)CCNC(=O)c1cccc(OC)c1. The van der Waals surface area contributed by atoms with Crippen molar-refractivity contribution in [3.8, 4) is 5.75 Å². The minimum absolute atomic E-state index is 0.0607. The first-order valence-corrected chi connectivity index (χ1v) is 7.94. The van der Waals surface area contributed by atoms with Gasteiger partial charge in [0.05, 0.1) is 25.5 Å². The van der Waals surface area contributed by atoms with E-state index in [9.17, 15) is 14.4 Å². The van der Waals surface area contributed by atoms with E-state index in [1.807, 2.05) is 0 Å². The van der Waals surface area contributed by atoms with Crippen molar-refractivity contribution in [3.05, 3.63) is 59.7 Å². The highest BCUT2D eigenvalue weighted by Crippen LogP contribution is 2.16. The maximum Gasteiger partial charge on any atom is 0.339 e. The summed E-state index contributed by atoms with van der Waals surface area (Å²) >= 11 is 0. The van der Waals surface area contributed by atoms with Crippen LogP contribution in [0.25, 0.3) is 0 Å². The van der Waals surface area contributed by atoms with E-state index >= 15 is 0 Å². The number of benzene rings is 2. The molecule has 0 bridgehead atoms. The highest BCUT2D eigenvalue weighted by molar-refractivity contribution is 6.01. The summed E-state index contributed by atoms with van der Waals surface area (Å²) in [4.78, 5) is 35.8. The monoisotopic (exact) mass is 356 g/mol. The zero-order valence-corrected chi connectivity index (χ0v) is 14.6. The van der Waals surface area contributed by atoms with Crippen molar-refractivity contribution >= 4 is 23.5 Å².